The van der Waals surface area contributed by atoms with Gasteiger partial charge in [-0.1, -0.05) is 49.4 Å². The minimum absolute atomic E-state index is 0.0562. The van der Waals surface area contributed by atoms with Crippen molar-refractivity contribution in [3.05, 3.63) is 65.7 Å². The van der Waals surface area contributed by atoms with Crippen LogP contribution in [0.4, 0.5) is 10.5 Å². The number of likely N-dealkylation sites (N-methyl/N-ethyl adjacent to an activating group) is 2. The summed E-state index contributed by atoms with van der Waals surface area (Å²) < 4.78 is 0. The fraction of sp³-hybridized carbons (Fsp3) is 0.391. The average Bonchev–Trinajstić information content (AvgIpc) is 2.69. The highest BCUT2D eigenvalue weighted by molar-refractivity contribution is 5.89. The van der Waals surface area contributed by atoms with Crippen LogP contribution in [0.1, 0.15) is 31.4 Å². The van der Waals surface area contributed by atoms with Crippen LogP contribution in [-0.2, 0) is 17.6 Å². The van der Waals surface area contributed by atoms with E-state index in [-0.39, 0.29) is 18.0 Å². The summed E-state index contributed by atoms with van der Waals surface area (Å²) in [4.78, 5) is 28.1. The van der Waals surface area contributed by atoms with Gasteiger partial charge in [-0.05, 0) is 43.0 Å². The summed E-state index contributed by atoms with van der Waals surface area (Å²) in [7, 11) is 3.49. The molecule has 1 atom stereocenters. The standard InChI is InChI=1S/C23H31N3O2/c1-5-21(16-18-10-8-7-9-11-18)26(6-2)23(28)24-20-14-12-19(13-15-20)17-22(27)25(3)4/h7-15,21H,5-6,16-17H2,1-4H3,(H,24,28)/t21-/m0/s1. The number of carbonyl (C=O) groups is 2. The van der Waals surface area contributed by atoms with Crippen LogP contribution in [0.5, 0.6) is 0 Å². The van der Waals surface area contributed by atoms with Crippen LogP contribution in [0.2, 0.25) is 0 Å². The molecule has 0 aromatic heterocycles. The van der Waals surface area contributed by atoms with Gasteiger partial charge in [0.1, 0.15) is 0 Å². The summed E-state index contributed by atoms with van der Waals surface area (Å²) in [5, 5.41) is 2.99. The van der Waals surface area contributed by atoms with Crippen molar-refractivity contribution < 1.29 is 9.59 Å². The maximum Gasteiger partial charge on any atom is 0.322 e. The van der Waals surface area contributed by atoms with E-state index in [0.717, 1.165) is 24.1 Å². The third kappa shape index (κ3) is 6.12. The second-order valence-electron chi connectivity index (χ2n) is 7.13. The molecule has 0 unspecified atom stereocenters. The van der Waals surface area contributed by atoms with Gasteiger partial charge in [-0.3, -0.25) is 4.79 Å². The molecule has 5 nitrogen and oxygen atoms in total. The van der Waals surface area contributed by atoms with Crippen molar-refractivity contribution in [3.8, 4) is 0 Å². The first kappa shape index (κ1) is 21.5. The normalized spacial score (nSPS) is 11.6. The van der Waals surface area contributed by atoms with E-state index in [9.17, 15) is 9.59 Å². The molecule has 2 aromatic rings. The predicted molar refractivity (Wildman–Crippen MR) is 114 cm³/mol. The van der Waals surface area contributed by atoms with Crippen LogP contribution in [0.15, 0.2) is 54.6 Å². The number of amides is 3. The number of hydrogen-bond donors (Lipinski definition) is 1. The molecule has 1 N–H and O–H groups in total. The van der Waals surface area contributed by atoms with Crippen molar-refractivity contribution in [1.29, 1.82) is 0 Å². The summed E-state index contributed by atoms with van der Waals surface area (Å²) in [6.45, 7) is 4.76. The molecule has 0 saturated heterocycles. The molecule has 0 saturated carbocycles. The first-order chi connectivity index (χ1) is 13.4. The summed E-state index contributed by atoms with van der Waals surface area (Å²) in [6, 6.07) is 17.8. The number of urea groups is 1. The number of hydrogen-bond acceptors (Lipinski definition) is 2. The SMILES string of the molecule is CC[C@@H](Cc1ccccc1)N(CC)C(=O)Nc1ccc(CC(=O)N(C)C)cc1. The monoisotopic (exact) mass is 381 g/mol. The second-order valence-corrected chi connectivity index (χ2v) is 7.13. The van der Waals surface area contributed by atoms with Gasteiger partial charge in [0, 0.05) is 32.4 Å². The van der Waals surface area contributed by atoms with Crippen molar-refractivity contribution >= 4 is 17.6 Å². The molecule has 0 aliphatic heterocycles. The van der Waals surface area contributed by atoms with Crippen molar-refractivity contribution in [1.82, 2.24) is 9.80 Å². The van der Waals surface area contributed by atoms with Gasteiger partial charge in [-0.2, -0.15) is 0 Å². The van der Waals surface area contributed by atoms with E-state index < -0.39 is 0 Å². The fourth-order valence-corrected chi connectivity index (χ4v) is 3.16. The lowest BCUT2D eigenvalue weighted by Crippen LogP contribution is -2.43. The van der Waals surface area contributed by atoms with Gasteiger partial charge in [0.2, 0.25) is 5.91 Å². The minimum atomic E-state index is -0.0950. The van der Waals surface area contributed by atoms with Gasteiger partial charge >= 0.3 is 6.03 Å². The Hall–Kier alpha value is -2.82. The third-order valence-electron chi connectivity index (χ3n) is 4.89. The average molecular weight is 382 g/mol. The topological polar surface area (TPSA) is 52.7 Å². The predicted octanol–water partition coefficient (Wildman–Crippen LogP) is 4.19. The minimum Gasteiger partial charge on any atom is -0.349 e. The van der Waals surface area contributed by atoms with E-state index in [4.69, 9.17) is 0 Å². The van der Waals surface area contributed by atoms with Crippen LogP contribution in [0.25, 0.3) is 0 Å². The number of nitrogens with zero attached hydrogens (tertiary/aromatic N) is 2. The first-order valence-electron chi connectivity index (χ1n) is 9.85. The zero-order valence-corrected chi connectivity index (χ0v) is 17.3. The van der Waals surface area contributed by atoms with Gasteiger partial charge < -0.3 is 15.1 Å². The Labute approximate surface area is 168 Å². The van der Waals surface area contributed by atoms with Crippen molar-refractivity contribution in [2.45, 2.75) is 39.2 Å². The molecule has 0 bridgehead atoms. The second kappa shape index (κ2) is 10.5. The molecule has 2 rings (SSSR count). The summed E-state index contributed by atoms with van der Waals surface area (Å²) in [5.74, 6) is 0.0562. The highest BCUT2D eigenvalue weighted by atomic mass is 16.2. The van der Waals surface area contributed by atoms with Crippen LogP contribution in [-0.4, -0.2) is 48.4 Å². The largest absolute Gasteiger partial charge is 0.349 e. The van der Waals surface area contributed by atoms with Crippen LogP contribution < -0.4 is 5.32 Å². The van der Waals surface area contributed by atoms with E-state index in [0.29, 0.717) is 13.0 Å². The fourth-order valence-electron chi connectivity index (χ4n) is 3.16. The molecule has 5 heteroatoms. The van der Waals surface area contributed by atoms with Crippen molar-refractivity contribution in [2.75, 3.05) is 26.0 Å². The molecular weight excluding hydrogens is 350 g/mol. The number of nitrogens with one attached hydrogen (secondary N) is 1. The quantitative estimate of drug-likeness (QED) is 0.745. The highest BCUT2D eigenvalue weighted by Gasteiger charge is 2.21. The van der Waals surface area contributed by atoms with E-state index in [1.807, 2.05) is 54.3 Å². The number of benzene rings is 2. The smallest absolute Gasteiger partial charge is 0.322 e. The number of carbonyl (C=O) groups excluding carboxylic acids is 2. The van der Waals surface area contributed by atoms with E-state index >= 15 is 0 Å². The molecular formula is C23H31N3O2. The zero-order valence-electron chi connectivity index (χ0n) is 17.3. The van der Waals surface area contributed by atoms with Crippen LogP contribution in [0.3, 0.4) is 0 Å². The van der Waals surface area contributed by atoms with Crippen LogP contribution >= 0.6 is 0 Å². The Bertz CT molecular complexity index is 757. The molecule has 150 valence electrons. The van der Waals surface area contributed by atoms with Gasteiger partial charge in [0.25, 0.3) is 0 Å². The molecule has 0 spiro atoms. The maximum atomic E-state index is 12.8. The molecule has 0 fully saturated rings. The first-order valence-corrected chi connectivity index (χ1v) is 9.85. The van der Waals surface area contributed by atoms with E-state index in [1.165, 1.54) is 5.56 Å². The number of anilines is 1. The summed E-state index contributed by atoms with van der Waals surface area (Å²) in [6.07, 6.45) is 2.09. The van der Waals surface area contributed by atoms with Gasteiger partial charge in [0.15, 0.2) is 0 Å². The van der Waals surface area contributed by atoms with E-state index in [1.54, 1.807) is 19.0 Å². The van der Waals surface area contributed by atoms with Crippen LogP contribution in [0, 0.1) is 0 Å². The summed E-state index contributed by atoms with van der Waals surface area (Å²) in [5.41, 5.74) is 2.90. The molecule has 0 heterocycles. The van der Waals surface area contributed by atoms with E-state index in [2.05, 4.69) is 24.4 Å². The lowest BCUT2D eigenvalue weighted by Gasteiger charge is -2.30. The molecule has 0 radical (unpaired) electrons. The molecule has 0 aliphatic carbocycles. The molecule has 2 aromatic carbocycles. The number of rotatable bonds is 8. The lowest BCUT2D eigenvalue weighted by molar-refractivity contribution is -0.127. The Balaban J connectivity index is 2.01. The zero-order chi connectivity index (χ0) is 20.5. The maximum absolute atomic E-state index is 12.8. The molecule has 3 amide bonds. The van der Waals surface area contributed by atoms with Gasteiger partial charge in [-0.15, -0.1) is 0 Å². The Morgan fingerprint density at radius 3 is 2.11 bits per heavy atom. The molecule has 0 aliphatic rings. The Kier molecular flexibility index (Phi) is 8.05. The third-order valence-corrected chi connectivity index (χ3v) is 4.89. The van der Waals surface area contributed by atoms with Crippen molar-refractivity contribution in [2.24, 2.45) is 0 Å². The Morgan fingerprint density at radius 2 is 1.57 bits per heavy atom. The van der Waals surface area contributed by atoms with Gasteiger partial charge in [0.05, 0.1) is 6.42 Å². The Morgan fingerprint density at radius 1 is 0.929 bits per heavy atom. The lowest BCUT2D eigenvalue weighted by atomic mass is 10.0. The highest BCUT2D eigenvalue weighted by Crippen LogP contribution is 2.16. The van der Waals surface area contributed by atoms with Gasteiger partial charge in [-0.25, -0.2) is 4.79 Å². The van der Waals surface area contributed by atoms with Crippen molar-refractivity contribution in [3.63, 3.8) is 0 Å². The summed E-state index contributed by atoms with van der Waals surface area (Å²) >= 11 is 0. The molecule has 28 heavy (non-hydrogen) atoms.